The summed E-state index contributed by atoms with van der Waals surface area (Å²) in [5.41, 5.74) is 4.87. The highest BCUT2D eigenvalue weighted by Gasteiger charge is 2.17. The fourth-order valence-corrected chi connectivity index (χ4v) is 3.05. The molecule has 0 aliphatic heterocycles. The maximum absolute atomic E-state index is 12.6. The van der Waals surface area contributed by atoms with E-state index < -0.39 is 5.97 Å². The van der Waals surface area contributed by atoms with Gasteiger partial charge in [0.2, 0.25) is 5.78 Å². The summed E-state index contributed by atoms with van der Waals surface area (Å²) in [7, 11) is 0. The predicted molar refractivity (Wildman–Crippen MR) is 112 cm³/mol. The van der Waals surface area contributed by atoms with E-state index in [-0.39, 0.29) is 12.4 Å². The first kappa shape index (κ1) is 20.3. The van der Waals surface area contributed by atoms with Gasteiger partial charge in [-0.15, -0.1) is 0 Å². The number of carbonyl (C=O) groups excluding carboxylic acids is 2. The lowest BCUT2D eigenvalue weighted by Gasteiger charge is -2.12. The predicted octanol–water partition coefficient (Wildman–Crippen LogP) is 5.23. The summed E-state index contributed by atoms with van der Waals surface area (Å²) >= 11 is 0. The molecule has 0 N–H and O–H groups in total. The van der Waals surface area contributed by atoms with E-state index in [0.29, 0.717) is 23.5 Å². The maximum Gasteiger partial charge on any atom is 0.342 e. The average Bonchev–Trinajstić information content (AvgIpc) is 2.72. The summed E-state index contributed by atoms with van der Waals surface area (Å²) in [6, 6.07) is 20.5. The molecule has 0 aliphatic carbocycles. The third kappa shape index (κ3) is 5.32. The average molecular weight is 388 g/mol. The summed E-state index contributed by atoms with van der Waals surface area (Å²) in [6.07, 6.45) is 0. The van der Waals surface area contributed by atoms with Crippen LogP contribution in [0.4, 0.5) is 0 Å². The van der Waals surface area contributed by atoms with Crippen molar-refractivity contribution in [2.75, 3.05) is 6.61 Å². The first-order valence-corrected chi connectivity index (χ1v) is 9.49. The van der Waals surface area contributed by atoms with Crippen molar-refractivity contribution in [2.45, 2.75) is 27.4 Å². The molecule has 3 aromatic rings. The molecule has 0 amide bonds. The number of ether oxygens (including phenoxy) is 2. The van der Waals surface area contributed by atoms with Crippen LogP contribution in [0, 0.1) is 20.8 Å². The third-order valence-corrected chi connectivity index (χ3v) is 4.61. The number of benzene rings is 3. The highest BCUT2D eigenvalue weighted by Crippen LogP contribution is 2.21. The molecular formula is C25H24O4. The van der Waals surface area contributed by atoms with E-state index in [1.165, 1.54) is 0 Å². The van der Waals surface area contributed by atoms with Gasteiger partial charge >= 0.3 is 5.97 Å². The van der Waals surface area contributed by atoms with Gasteiger partial charge in [-0.05, 0) is 50.1 Å². The van der Waals surface area contributed by atoms with Gasteiger partial charge in [-0.3, -0.25) is 4.79 Å². The van der Waals surface area contributed by atoms with Gasteiger partial charge < -0.3 is 9.47 Å². The molecular weight excluding hydrogens is 364 g/mol. The molecule has 0 spiro atoms. The summed E-state index contributed by atoms with van der Waals surface area (Å²) in [4.78, 5) is 25.0. The molecule has 3 aromatic carbocycles. The minimum atomic E-state index is -0.580. The molecule has 0 heterocycles. The summed E-state index contributed by atoms with van der Waals surface area (Å²) in [6.45, 7) is 5.83. The van der Waals surface area contributed by atoms with E-state index in [4.69, 9.17) is 9.47 Å². The molecule has 4 nitrogen and oxygen atoms in total. The normalized spacial score (nSPS) is 10.4. The number of para-hydroxylation sites is 1. The lowest BCUT2D eigenvalue weighted by molar-refractivity contribution is 0.0470. The molecule has 0 saturated heterocycles. The van der Waals surface area contributed by atoms with Crippen molar-refractivity contribution in [3.8, 4) is 5.75 Å². The summed E-state index contributed by atoms with van der Waals surface area (Å²) in [5.74, 6) is -0.376. The van der Waals surface area contributed by atoms with Crippen molar-refractivity contribution in [3.05, 3.63) is 100 Å². The molecule has 0 unspecified atom stereocenters. The van der Waals surface area contributed by atoms with Crippen LogP contribution in [0.25, 0.3) is 0 Å². The van der Waals surface area contributed by atoms with E-state index in [1.54, 1.807) is 24.3 Å². The monoisotopic (exact) mass is 388 g/mol. The van der Waals surface area contributed by atoms with Gasteiger partial charge in [-0.25, -0.2) is 4.79 Å². The number of hydrogen-bond donors (Lipinski definition) is 0. The Hall–Kier alpha value is -3.40. The topological polar surface area (TPSA) is 52.6 Å². The van der Waals surface area contributed by atoms with Crippen molar-refractivity contribution in [2.24, 2.45) is 0 Å². The molecule has 0 aromatic heterocycles. The van der Waals surface area contributed by atoms with Crippen molar-refractivity contribution in [1.82, 2.24) is 0 Å². The second-order valence-corrected chi connectivity index (χ2v) is 7.09. The van der Waals surface area contributed by atoms with Crippen LogP contribution in [0.3, 0.4) is 0 Å². The van der Waals surface area contributed by atoms with Gasteiger partial charge in [-0.1, -0.05) is 59.7 Å². The Morgan fingerprint density at radius 1 is 0.793 bits per heavy atom. The van der Waals surface area contributed by atoms with Crippen LogP contribution in [0.1, 0.15) is 43.0 Å². The summed E-state index contributed by atoms with van der Waals surface area (Å²) < 4.78 is 11.1. The molecule has 0 aliphatic rings. The van der Waals surface area contributed by atoms with E-state index in [2.05, 4.69) is 0 Å². The van der Waals surface area contributed by atoms with Crippen molar-refractivity contribution < 1.29 is 19.1 Å². The molecule has 29 heavy (non-hydrogen) atoms. The Labute approximate surface area is 171 Å². The summed E-state index contributed by atoms with van der Waals surface area (Å²) in [5, 5.41) is 0. The number of rotatable bonds is 7. The largest absolute Gasteiger partial charge is 0.488 e. The molecule has 0 bridgehead atoms. The van der Waals surface area contributed by atoms with E-state index in [1.807, 2.05) is 63.2 Å². The minimum absolute atomic E-state index is 0.224. The molecule has 0 saturated carbocycles. The number of Topliss-reactive ketones (excluding diaryl/α,β-unsaturated/α-hetero) is 1. The quantitative estimate of drug-likeness (QED) is 0.411. The van der Waals surface area contributed by atoms with Gasteiger partial charge in [0.25, 0.3) is 0 Å². The second-order valence-electron chi connectivity index (χ2n) is 7.09. The Morgan fingerprint density at radius 3 is 2.34 bits per heavy atom. The van der Waals surface area contributed by atoms with Gasteiger partial charge in [0.15, 0.2) is 6.61 Å². The molecule has 0 radical (unpaired) electrons. The number of esters is 1. The van der Waals surface area contributed by atoms with E-state index in [0.717, 1.165) is 22.3 Å². The van der Waals surface area contributed by atoms with Crippen LogP contribution in [0.5, 0.6) is 5.75 Å². The number of aryl methyl sites for hydroxylation is 3. The van der Waals surface area contributed by atoms with Crippen LogP contribution in [0.2, 0.25) is 0 Å². The fraction of sp³-hybridized carbons (Fsp3) is 0.200. The molecule has 3 rings (SSSR count). The second kappa shape index (κ2) is 9.20. The Morgan fingerprint density at radius 2 is 1.55 bits per heavy atom. The first-order valence-electron chi connectivity index (χ1n) is 9.49. The SMILES string of the molecule is Cc1cccc(COc2ccccc2C(=O)OCC(=O)c2cc(C)ccc2C)c1. The number of ketones is 1. The molecule has 0 atom stereocenters. The van der Waals surface area contributed by atoms with Gasteiger partial charge in [-0.2, -0.15) is 0 Å². The zero-order valence-corrected chi connectivity index (χ0v) is 16.9. The Kier molecular flexibility index (Phi) is 6.45. The first-order chi connectivity index (χ1) is 13.9. The van der Waals surface area contributed by atoms with Crippen LogP contribution < -0.4 is 4.74 Å². The zero-order chi connectivity index (χ0) is 20.8. The van der Waals surface area contributed by atoms with Crippen LogP contribution in [-0.4, -0.2) is 18.4 Å². The highest BCUT2D eigenvalue weighted by atomic mass is 16.5. The fourth-order valence-electron chi connectivity index (χ4n) is 3.05. The smallest absolute Gasteiger partial charge is 0.342 e. The van der Waals surface area contributed by atoms with Gasteiger partial charge in [0, 0.05) is 5.56 Å². The number of carbonyl (C=O) groups is 2. The van der Waals surface area contributed by atoms with Gasteiger partial charge in [0.1, 0.15) is 17.9 Å². The number of hydrogen-bond acceptors (Lipinski definition) is 4. The lowest BCUT2D eigenvalue weighted by atomic mass is 10.0. The van der Waals surface area contributed by atoms with Crippen molar-refractivity contribution in [1.29, 1.82) is 0 Å². The van der Waals surface area contributed by atoms with Gasteiger partial charge in [0.05, 0.1) is 0 Å². The lowest BCUT2D eigenvalue weighted by Crippen LogP contribution is -2.16. The molecule has 4 heteroatoms. The van der Waals surface area contributed by atoms with Crippen LogP contribution in [-0.2, 0) is 11.3 Å². The zero-order valence-electron chi connectivity index (χ0n) is 16.9. The van der Waals surface area contributed by atoms with Crippen molar-refractivity contribution >= 4 is 11.8 Å². The van der Waals surface area contributed by atoms with Crippen LogP contribution in [0.15, 0.2) is 66.7 Å². The Bertz CT molecular complexity index is 1040. The van der Waals surface area contributed by atoms with Crippen LogP contribution >= 0.6 is 0 Å². The molecule has 148 valence electrons. The van der Waals surface area contributed by atoms with E-state index in [9.17, 15) is 9.59 Å². The Balaban J connectivity index is 1.66. The third-order valence-electron chi connectivity index (χ3n) is 4.61. The van der Waals surface area contributed by atoms with Crippen molar-refractivity contribution in [3.63, 3.8) is 0 Å². The molecule has 0 fully saturated rings. The highest BCUT2D eigenvalue weighted by molar-refractivity contribution is 6.01. The standard InChI is InChI=1S/C25H24O4/c1-17-7-6-8-20(13-17)15-28-24-10-5-4-9-21(24)25(27)29-16-23(26)22-14-18(2)11-12-19(22)3/h4-14H,15-16H2,1-3H3. The minimum Gasteiger partial charge on any atom is -0.488 e. The van der Waals surface area contributed by atoms with E-state index >= 15 is 0 Å². The maximum atomic E-state index is 12.6.